The number of alkyl halides is 3. The fraction of sp³-hybridized carbons (Fsp3) is 0.242. The lowest BCUT2D eigenvalue weighted by atomic mass is 10.1. The van der Waals surface area contributed by atoms with E-state index in [-0.39, 0.29) is 17.6 Å². The zero-order valence-electron chi connectivity index (χ0n) is 25.8. The quantitative estimate of drug-likeness (QED) is 0.169. The van der Waals surface area contributed by atoms with Gasteiger partial charge in [-0.15, -0.1) is 0 Å². The van der Waals surface area contributed by atoms with Crippen LogP contribution in [0.25, 0.3) is 22.2 Å². The van der Waals surface area contributed by atoms with Gasteiger partial charge in [0.25, 0.3) is 0 Å². The standard InChI is InChI=1S/C33H32F3N9O2/c1-37-31-40-19-39-29(43-31)24-9-6-15-38-30(24)47-28-13-11-25(22-7-4-5-8-23(22)28)41-32(46)42-26-17-20(33(34,35)36)10-12-27(26)45(3)21-14-16-44(2)18-21/h4-13,15,17,19,21H,14,16,18H2,1-3H3,(H2,41,42,46)(H,37,39,40,43)/t21-/m0/s1. The maximum absolute atomic E-state index is 13.7. The molecule has 0 spiro atoms. The van der Waals surface area contributed by atoms with Crippen LogP contribution in [0.2, 0.25) is 0 Å². The molecule has 3 aromatic carbocycles. The van der Waals surface area contributed by atoms with Gasteiger partial charge in [-0.1, -0.05) is 24.3 Å². The van der Waals surface area contributed by atoms with Gasteiger partial charge in [0.1, 0.15) is 12.1 Å². The van der Waals surface area contributed by atoms with E-state index in [0.29, 0.717) is 45.2 Å². The van der Waals surface area contributed by atoms with Crippen molar-refractivity contribution in [2.75, 3.05) is 55.1 Å². The Morgan fingerprint density at radius 3 is 2.51 bits per heavy atom. The number of nitrogens with one attached hydrogen (secondary N) is 3. The van der Waals surface area contributed by atoms with Gasteiger partial charge >= 0.3 is 12.2 Å². The molecule has 0 bridgehead atoms. The van der Waals surface area contributed by atoms with Gasteiger partial charge in [-0.3, -0.25) is 0 Å². The summed E-state index contributed by atoms with van der Waals surface area (Å²) in [6.07, 6.45) is -0.742. The molecule has 3 N–H and O–H groups in total. The molecule has 1 fully saturated rings. The minimum absolute atomic E-state index is 0.0566. The number of amides is 2. The molecule has 1 saturated heterocycles. The number of nitrogens with zero attached hydrogens (tertiary/aromatic N) is 6. The number of hydrogen-bond acceptors (Lipinski definition) is 9. The minimum atomic E-state index is -4.57. The number of halogens is 3. The van der Waals surface area contributed by atoms with Gasteiger partial charge < -0.3 is 30.5 Å². The number of carbonyl (C=O) groups is 1. The van der Waals surface area contributed by atoms with E-state index in [1.807, 2.05) is 43.3 Å². The fourth-order valence-corrected chi connectivity index (χ4v) is 5.58. The first-order valence-corrected chi connectivity index (χ1v) is 14.8. The van der Waals surface area contributed by atoms with Crippen LogP contribution in [0.4, 0.5) is 41.0 Å². The number of likely N-dealkylation sites (tertiary alicyclic amines) is 1. The van der Waals surface area contributed by atoms with Crippen molar-refractivity contribution in [3.63, 3.8) is 0 Å². The topological polar surface area (TPSA) is 120 Å². The van der Waals surface area contributed by atoms with E-state index >= 15 is 0 Å². The summed E-state index contributed by atoms with van der Waals surface area (Å²) in [4.78, 5) is 34.6. The molecule has 14 heteroatoms. The Labute approximate surface area is 268 Å². The predicted molar refractivity (Wildman–Crippen MR) is 175 cm³/mol. The molecule has 1 atom stereocenters. The van der Waals surface area contributed by atoms with E-state index < -0.39 is 17.8 Å². The van der Waals surface area contributed by atoms with E-state index in [1.54, 1.807) is 37.5 Å². The third-order valence-corrected chi connectivity index (χ3v) is 8.01. The van der Waals surface area contributed by atoms with Crippen LogP contribution in [0.1, 0.15) is 12.0 Å². The van der Waals surface area contributed by atoms with Crippen LogP contribution in [0.3, 0.4) is 0 Å². The van der Waals surface area contributed by atoms with Gasteiger partial charge in [0.15, 0.2) is 5.82 Å². The van der Waals surface area contributed by atoms with Crippen molar-refractivity contribution in [2.24, 2.45) is 0 Å². The van der Waals surface area contributed by atoms with Crippen molar-refractivity contribution in [3.8, 4) is 23.0 Å². The lowest BCUT2D eigenvalue weighted by Gasteiger charge is -2.29. The smallest absolute Gasteiger partial charge is 0.416 e. The Morgan fingerprint density at radius 1 is 0.979 bits per heavy atom. The van der Waals surface area contributed by atoms with Crippen molar-refractivity contribution in [1.29, 1.82) is 0 Å². The predicted octanol–water partition coefficient (Wildman–Crippen LogP) is 6.72. The average Bonchev–Trinajstić information content (AvgIpc) is 3.51. The highest BCUT2D eigenvalue weighted by atomic mass is 19.4. The van der Waals surface area contributed by atoms with Crippen LogP contribution >= 0.6 is 0 Å². The highest BCUT2D eigenvalue weighted by Gasteiger charge is 2.32. The molecule has 5 aromatic rings. The molecule has 0 radical (unpaired) electrons. The van der Waals surface area contributed by atoms with Gasteiger partial charge in [0, 0.05) is 43.7 Å². The largest absolute Gasteiger partial charge is 0.438 e. The van der Waals surface area contributed by atoms with Crippen LogP contribution in [0, 0.1) is 0 Å². The van der Waals surface area contributed by atoms with Gasteiger partial charge in [0.05, 0.1) is 28.2 Å². The minimum Gasteiger partial charge on any atom is -0.438 e. The third kappa shape index (κ3) is 6.87. The number of anilines is 4. The molecule has 1 aliphatic heterocycles. The van der Waals surface area contributed by atoms with E-state index in [1.165, 1.54) is 12.4 Å². The summed E-state index contributed by atoms with van der Waals surface area (Å²) < 4.78 is 47.3. The molecule has 0 unspecified atom stereocenters. The molecule has 3 heterocycles. The number of likely N-dealkylation sites (N-methyl/N-ethyl adjacent to an activating group) is 2. The molecule has 242 valence electrons. The number of rotatable bonds is 8. The molecule has 1 aliphatic rings. The molecule has 11 nitrogen and oxygen atoms in total. The number of ether oxygens (including phenoxy) is 1. The molecule has 0 saturated carbocycles. The zero-order valence-corrected chi connectivity index (χ0v) is 25.8. The van der Waals surface area contributed by atoms with Gasteiger partial charge in [0.2, 0.25) is 11.8 Å². The first-order valence-electron chi connectivity index (χ1n) is 14.8. The van der Waals surface area contributed by atoms with Crippen LogP contribution in [-0.4, -0.2) is 71.1 Å². The van der Waals surface area contributed by atoms with Crippen molar-refractivity contribution >= 4 is 39.8 Å². The Hall–Kier alpha value is -5.50. The third-order valence-electron chi connectivity index (χ3n) is 8.01. The second kappa shape index (κ2) is 13.1. The summed E-state index contributed by atoms with van der Waals surface area (Å²) in [5.41, 5.74) is 0.674. The van der Waals surface area contributed by atoms with E-state index in [9.17, 15) is 18.0 Å². The fourth-order valence-electron chi connectivity index (χ4n) is 5.58. The number of fused-ring (bicyclic) bond motifs is 1. The second-order valence-corrected chi connectivity index (χ2v) is 11.1. The number of pyridine rings is 1. The Kier molecular flexibility index (Phi) is 8.76. The molecule has 2 aromatic heterocycles. The Morgan fingerprint density at radius 2 is 1.77 bits per heavy atom. The molecule has 6 rings (SSSR count). The average molecular weight is 644 g/mol. The van der Waals surface area contributed by atoms with Crippen molar-refractivity contribution in [3.05, 3.63) is 84.8 Å². The van der Waals surface area contributed by atoms with Crippen LogP contribution < -0.4 is 25.6 Å². The zero-order chi connectivity index (χ0) is 33.1. The first kappa shape index (κ1) is 31.5. The summed E-state index contributed by atoms with van der Waals surface area (Å²) in [5, 5.41) is 9.67. The van der Waals surface area contributed by atoms with Gasteiger partial charge in [-0.2, -0.15) is 18.2 Å². The SMILES string of the molecule is CNc1ncnc(-c2cccnc2Oc2ccc(NC(=O)Nc3cc(C(F)(F)F)ccc3N(C)[C@H]3CCN(C)C3)c3ccccc23)n1. The number of carbonyl (C=O) groups excluding carboxylic acids is 1. The first-order chi connectivity index (χ1) is 22.6. The van der Waals surface area contributed by atoms with Crippen molar-refractivity contribution < 1.29 is 22.7 Å². The normalized spacial score (nSPS) is 15.0. The number of benzene rings is 3. The van der Waals surface area contributed by atoms with Crippen molar-refractivity contribution in [2.45, 2.75) is 18.6 Å². The number of urea groups is 1. The highest BCUT2D eigenvalue weighted by molar-refractivity contribution is 6.08. The van der Waals surface area contributed by atoms with Crippen LogP contribution in [0.5, 0.6) is 11.6 Å². The summed E-state index contributed by atoms with van der Waals surface area (Å²) in [5.74, 6) is 1.47. The number of aromatic nitrogens is 4. The monoisotopic (exact) mass is 643 g/mol. The van der Waals surface area contributed by atoms with Crippen LogP contribution in [0.15, 0.2) is 79.3 Å². The Balaban J connectivity index is 1.28. The van der Waals surface area contributed by atoms with Gasteiger partial charge in [-0.25, -0.2) is 19.7 Å². The molecule has 0 aliphatic carbocycles. The maximum atomic E-state index is 13.7. The lowest BCUT2D eigenvalue weighted by molar-refractivity contribution is -0.137. The summed E-state index contributed by atoms with van der Waals surface area (Å²) in [6, 6.07) is 17.0. The Bertz CT molecular complexity index is 1920. The van der Waals surface area contributed by atoms with E-state index in [4.69, 9.17) is 4.74 Å². The summed E-state index contributed by atoms with van der Waals surface area (Å²) in [7, 11) is 5.53. The van der Waals surface area contributed by atoms with Gasteiger partial charge in [-0.05, 0) is 62.5 Å². The molecule has 2 amide bonds. The summed E-state index contributed by atoms with van der Waals surface area (Å²) in [6.45, 7) is 1.64. The molecule has 47 heavy (non-hydrogen) atoms. The lowest BCUT2D eigenvalue weighted by Crippen LogP contribution is -2.34. The van der Waals surface area contributed by atoms with E-state index in [2.05, 4.69) is 40.8 Å². The van der Waals surface area contributed by atoms with Crippen LogP contribution in [-0.2, 0) is 6.18 Å². The highest BCUT2D eigenvalue weighted by Crippen LogP contribution is 2.38. The van der Waals surface area contributed by atoms with Crippen molar-refractivity contribution in [1.82, 2.24) is 24.8 Å². The maximum Gasteiger partial charge on any atom is 0.416 e. The molecular weight excluding hydrogens is 611 g/mol. The van der Waals surface area contributed by atoms with E-state index in [0.717, 1.165) is 31.6 Å². The second-order valence-electron chi connectivity index (χ2n) is 11.1. The summed E-state index contributed by atoms with van der Waals surface area (Å²) >= 11 is 0. The number of hydrogen-bond donors (Lipinski definition) is 3. The molecular formula is C33H32F3N9O2.